The smallest absolute Gasteiger partial charge is 0.245 e. The fourth-order valence-corrected chi connectivity index (χ4v) is 3.69. The van der Waals surface area contributed by atoms with Crippen LogP contribution in [0.2, 0.25) is 0 Å². The lowest BCUT2D eigenvalue weighted by Crippen LogP contribution is -2.49. The molecule has 1 fully saturated rings. The molecule has 2 aromatic rings. The van der Waals surface area contributed by atoms with Gasteiger partial charge in [0, 0.05) is 19.5 Å². The Bertz CT molecular complexity index is 829. The first kappa shape index (κ1) is 20.9. The van der Waals surface area contributed by atoms with Crippen molar-refractivity contribution in [3.8, 4) is 5.75 Å². The van der Waals surface area contributed by atoms with Crippen LogP contribution in [0.3, 0.4) is 0 Å². The number of carbonyl (C=O) groups is 2. The van der Waals surface area contributed by atoms with Crippen LogP contribution < -0.4 is 10.1 Å². The Labute approximate surface area is 173 Å². The van der Waals surface area contributed by atoms with Crippen LogP contribution in [0.1, 0.15) is 36.0 Å². The molecule has 2 amide bonds. The molecular weight excluding hydrogens is 364 g/mol. The number of benzene rings is 2. The number of hydrogen-bond acceptors (Lipinski definition) is 3. The zero-order valence-corrected chi connectivity index (χ0v) is 17.3. The Hall–Kier alpha value is -2.82. The van der Waals surface area contributed by atoms with Crippen molar-refractivity contribution in [1.82, 2.24) is 10.2 Å². The average molecular weight is 395 g/mol. The van der Waals surface area contributed by atoms with Crippen LogP contribution in [0.25, 0.3) is 0 Å². The highest BCUT2D eigenvalue weighted by molar-refractivity contribution is 5.88. The lowest BCUT2D eigenvalue weighted by Gasteiger charge is -2.24. The van der Waals surface area contributed by atoms with Crippen molar-refractivity contribution in [2.75, 3.05) is 19.7 Å². The monoisotopic (exact) mass is 394 g/mol. The second kappa shape index (κ2) is 10.1. The lowest BCUT2D eigenvalue weighted by atomic mass is 10.0. The number of rotatable bonds is 8. The van der Waals surface area contributed by atoms with Gasteiger partial charge in [-0.2, -0.15) is 0 Å². The molecule has 1 aliphatic heterocycles. The van der Waals surface area contributed by atoms with Crippen molar-refractivity contribution >= 4 is 11.8 Å². The first-order valence-corrected chi connectivity index (χ1v) is 10.3. The summed E-state index contributed by atoms with van der Waals surface area (Å²) in [4.78, 5) is 27.3. The third-order valence-electron chi connectivity index (χ3n) is 5.25. The zero-order chi connectivity index (χ0) is 20.6. The summed E-state index contributed by atoms with van der Waals surface area (Å²) in [6.07, 6.45) is 2.77. The van der Waals surface area contributed by atoms with Gasteiger partial charge in [0.05, 0.1) is 13.0 Å². The van der Waals surface area contributed by atoms with Crippen molar-refractivity contribution < 1.29 is 14.3 Å². The minimum atomic E-state index is -0.538. The molecule has 0 bridgehead atoms. The van der Waals surface area contributed by atoms with Crippen molar-refractivity contribution in [2.24, 2.45) is 0 Å². The lowest BCUT2D eigenvalue weighted by molar-refractivity contribution is -0.135. The summed E-state index contributed by atoms with van der Waals surface area (Å²) in [6.45, 7) is 5.86. The molecule has 0 radical (unpaired) electrons. The molecule has 1 saturated heterocycles. The molecule has 0 spiro atoms. The number of amides is 2. The predicted molar refractivity (Wildman–Crippen MR) is 114 cm³/mol. The molecule has 29 heavy (non-hydrogen) atoms. The van der Waals surface area contributed by atoms with Gasteiger partial charge in [-0.3, -0.25) is 9.59 Å². The predicted octanol–water partition coefficient (Wildman–Crippen LogP) is 3.42. The molecule has 1 N–H and O–H groups in total. The van der Waals surface area contributed by atoms with Gasteiger partial charge in [-0.15, -0.1) is 0 Å². The van der Waals surface area contributed by atoms with Gasteiger partial charge in [-0.05, 0) is 43.9 Å². The minimum Gasteiger partial charge on any atom is -0.493 e. The van der Waals surface area contributed by atoms with Crippen molar-refractivity contribution in [3.05, 3.63) is 65.2 Å². The van der Waals surface area contributed by atoms with Gasteiger partial charge in [0.2, 0.25) is 11.8 Å². The first-order valence-electron chi connectivity index (χ1n) is 10.3. The molecule has 1 aliphatic rings. The summed E-state index contributed by atoms with van der Waals surface area (Å²) >= 11 is 0. The number of nitrogens with zero attached hydrogens (tertiary/aromatic N) is 1. The van der Waals surface area contributed by atoms with E-state index in [1.165, 1.54) is 5.56 Å². The molecule has 1 unspecified atom stereocenters. The van der Waals surface area contributed by atoms with E-state index in [1.54, 1.807) is 0 Å². The Morgan fingerprint density at radius 2 is 1.79 bits per heavy atom. The van der Waals surface area contributed by atoms with E-state index in [0.717, 1.165) is 42.8 Å². The van der Waals surface area contributed by atoms with Gasteiger partial charge in [-0.25, -0.2) is 0 Å². The van der Waals surface area contributed by atoms with E-state index >= 15 is 0 Å². The van der Waals surface area contributed by atoms with Crippen molar-refractivity contribution in [3.63, 3.8) is 0 Å². The Morgan fingerprint density at radius 3 is 2.48 bits per heavy atom. The van der Waals surface area contributed by atoms with E-state index in [2.05, 4.69) is 11.4 Å². The van der Waals surface area contributed by atoms with Crippen LogP contribution in [0.5, 0.6) is 5.75 Å². The fourth-order valence-electron chi connectivity index (χ4n) is 3.69. The summed E-state index contributed by atoms with van der Waals surface area (Å²) in [5, 5.41) is 2.94. The topological polar surface area (TPSA) is 58.6 Å². The van der Waals surface area contributed by atoms with E-state index in [0.29, 0.717) is 6.42 Å². The summed E-state index contributed by atoms with van der Waals surface area (Å²) in [5.41, 5.74) is 3.27. The van der Waals surface area contributed by atoms with Gasteiger partial charge in [0.15, 0.2) is 0 Å². The average Bonchev–Trinajstić information content (AvgIpc) is 3.24. The second-order valence-corrected chi connectivity index (χ2v) is 7.71. The standard InChI is InChI=1S/C24H30N2O3/c1-18-10-11-22(19(2)16-18)29-15-12-23(27)25-21(17-20-8-4-3-5-9-20)24(28)26-13-6-7-14-26/h3-5,8-11,16,21H,6-7,12-15,17H2,1-2H3,(H,25,27). The summed E-state index contributed by atoms with van der Waals surface area (Å²) in [7, 11) is 0. The van der Waals surface area contributed by atoms with E-state index in [4.69, 9.17) is 4.74 Å². The third-order valence-corrected chi connectivity index (χ3v) is 5.25. The summed E-state index contributed by atoms with van der Waals surface area (Å²) < 4.78 is 5.77. The molecule has 0 saturated carbocycles. The number of hydrogen-bond donors (Lipinski definition) is 1. The van der Waals surface area contributed by atoms with Crippen LogP contribution >= 0.6 is 0 Å². The van der Waals surface area contributed by atoms with Crippen LogP contribution in [0.4, 0.5) is 0 Å². The van der Waals surface area contributed by atoms with Crippen LogP contribution in [0, 0.1) is 13.8 Å². The number of ether oxygens (including phenoxy) is 1. The molecular formula is C24H30N2O3. The van der Waals surface area contributed by atoms with Gasteiger partial charge in [0.1, 0.15) is 11.8 Å². The minimum absolute atomic E-state index is 0.00926. The molecule has 0 aliphatic carbocycles. The van der Waals surface area contributed by atoms with Gasteiger partial charge < -0.3 is 15.0 Å². The Morgan fingerprint density at radius 1 is 1.07 bits per heavy atom. The van der Waals surface area contributed by atoms with E-state index in [1.807, 2.05) is 61.2 Å². The normalized spacial score (nSPS) is 14.5. The maximum Gasteiger partial charge on any atom is 0.245 e. The number of nitrogens with one attached hydrogen (secondary N) is 1. The van der Waals surface area contributed by atoms with E-state index in [9.17, 15) is 9.59 Å². The molecule has 154 valence electrons. The molecule has 5 nitrogen and oxygen atoms in total. The van der Waals surface area contributed by atoms with Crippen LogP contribution in [-0.2, 0) is 16.0 Å². The van der Waals surface area contributed by atoms with Gasteiger partial charge in [-0.1, -0.05) is 48.0 Å². The molecule has 3 rings (SSSR count). The SMILES string of the molecule is Cc1ccc(OCCC(=O)NC(Cc2ccccc2)C(=O)N2CCCC2)c(C)c1. The largest absolute Gasteiger partial charge is 0.493 e. The van der Waals surface area contributed by atoms with Crippen molar-refractivity contribution in [1.29, 1.82) is 0 Å². The molecule has 1 atom stereocenters. The number of likely N-dealkylation sites (tertiary alicyclic amines) is 1. The van der Waals surface area contributed by atoms with Crippen LogP contribution in [0.15, 0.2) is 48.5 Å². The second-order valence-electron chi connectivity index (χ2n) is 7.71. The van der Waals surface area contributed by atoms with Gasteiger partial charge in [0.25, 0.3) is 0 Å². The maximum absolute atomic E-state index is 12.9. The number of carbonyl (C=O) groups excluding carboxylic acids is 2. The third kappa shape index (κ3) is 6.08. The highest BCUT2D eigenvalue weighted by Gasteiger charge is 2.27. The van der Waals surface area contributed by atoms with Crippen molar-refractivity contribution in [2.45, 2.75) is 45.6 Å². The summed E-state index contributed by atoms with van der Waals surface area (Å²) in [6, 6.07) is 15.3. The van der Waals surface area contributed by atoms with E-state index < -0.39 is 6.04 Å². The quantitative estimate of drug-likeness (QED) is 0.746. The molecule has 2 aromatic carbocycles. The van der Waals surface area contributed by atoms with Gasteiger partial charge >= 0.3 is 0 Å². The van der Waals surface area contributed by atoms with E-state index in [-0.39, 0.29) is 24.8 Å². The maximum atomic E-state index is 12.9. The molecule has 1 heterocycles. The molecule has 5 heteroatoms. The number of aryl methyl sites for hydroxylation is 2. The highest BCUT2D eigenvalue weighted by atomic mass is 16.5. The Balaban J connectivity index is 1.57. The molecule has 0 aromatic heterocycles. The van der Waals surface area contributed by atoms with Crippen LogP contribution in [-0.4, -0.2) is 42.5 Å². The Kier molecular flexibility index (Phi) is 7.28. The highest BCUT2D eigenvalue weighted by Crippen LogP contribution is 2.19. The zero-order valence-electron chi connectivity index (χ0n) is 17.3. The summed E-state index contributed by atoms with van der Waals surface area (Å²) in [5.74, 6) is 0.635. The first-order chi connectivity index (χ1) is 14.0. The fraction of sp³-hybridized carbons (Fsp3) is 0.417.